The fraction of sp³-hybridized carbons (Fsp3) is 0.357. The first-order valence-corrected chi connectivity index (χ1v) is 6.17. The lowest BCUT2D eigenvalue weighted by atomic mass is 10.1. The average molecular weight is 257 g/mol. The number of aryl methyl sites for hydroxylation is 1. The molecule has 0 radical (unpaired) electrons. The number of oxazole rings is 1. The molecule has 0 fully saturated rings. The Labute approximate surface area is 111 Å². The van der Waals surface area contributed by atoms with Gasteiger partial charge in [0.15, 0.2) is 11.5 Å². The van der Waals surface area contributed by atoms with Crippen LogP contribution in [0.3, 0.4) is 0 Å². The van der Waals surface area contributed by atoms with Gasteiger partial charge in [-0.1, -0.05) is 13.0 Å². The van der Waals surface area contributed by atoms with E-state index in [1.165, 1.54) is 0 Å². The van der Waals surface area contributed by atoms with E-state index in [1.54, 1.807) is 6.92 Å². The number of nitrogens with zero attached hydrogens (tertiary/aromatic N) is 2. The number of fused-ring (bicyclic) bond motifs is 1. The van der Waals surface area contributed by atoms with Crippen molar-refractivity contribution in [2.45, 2.75) is 26.8 Å². The number of nitrogens with one attached hydrogen (secondary N) is 1. The Hall–Kier alpha value is -2.35. The van der Waals surface area contributed by atoms with Crippen LogP contribution >= 0.6 is 0 Å². The molecule has 1 aromatic heterocycles. The smallest absolute Gasteiger partial charge is 0.237 e. The highest BCUT2D eigenvalue weighted by Gasteiger charge is 2.14. The molecule has 5 heteroatoms. The van der Waals surface area contributed by atoms with Gasteiger partial charge in [0.25, 0.3) is 0 Å². The molecule has 1 unspecified atom stereocenters. The molecule has 98 valence electrons. The molecule has 2 aromatic rings. The fourth-order valence-corrected chi connectivity index (χ4v) is 1.85. The molecule has 19 heavy (non-hydrogen) atoms. The van der Waals surface area contributed by atoms with Crippen molar-refractivity contribution >= 4 is 17.0 Å². The first-order chi connectivity index (χ1) is 9.13. The van der Waals surface area contributed by atoms with Gasteiger partial charge in [-0.3, -0.25) is 4.79 Å². The Kier molecular flexibility index (Phi) is 3.81. The van der Waals surface area contributed by atoms with Crippen LogP contribution in [0.25, 0.3) is 11.1 Å². The minimum Gasteiger partial charge on any atom is -0.441 e. The highest BCUT2D eigenvalue weighted by atomic mass is 16.3. The van der Waals surface area contributed by atoms with Gasteiger partial charge in [-0.25, -0.2) is 4.98 Å². The van der Waals surface area contributed by atoms with Gasteiger partial charge in [0, 0.05) is 13.5 Å². The zero-order valence-electron chi connectivity index (χ0n) is 10.9. The predicted octanol–water partition coefficient (Wildman–Crippen LogP) is 2.30. The second kappa shape index (κ2) is 5.53. The van der Waals surface area contributed by atoms with E-state index >= 15 is 0 Å². The van der Waals surface area contributed by atoms with Crippen molar-refractivity contribution in [3.05, 3.63) is 29.7 Å². The third-order valence-corrected chi connectivity index (χ3v) is 2.91. The zero-order chi connectivity index (χ0) is 13.8. The van der Waals surface area contributed by atoms with E-state index in [9.17, 15) is 4.79 Å². The van der Waals surface area contributed by atoms with Crippen LogP contribution in [0.5, 0.6) is 0 Å². The lowest BCUT2D eigenvalue weighted by molar-refractivity contribution is -0.123. The number of amides is 1. The molecule has 1 amide bonds. The summed E-state index contributed by atoms with van der Waals surface area (Å²) in [4.78, 5) is 15.9. The van der Waals surface area contributed by atoms with Crippen molar-refractivity contribution in [2.75, 3.05) is 0 Å². The van der Waals surface area contributed by atoms with Crippen molar-refractivity contribution < 1.29 is 9.21 Å². The van der Waals surface area contributed by atoms with E-state index in [-0.39, 0.29) is 5.91 Å². The zero-order valence-corrected chi connectivity index (χ0v) is 10.9. The van der Waals surface area contributed by atoms with Gasteiger partial charge in [0.1, 0.15) is 11.4 Å². The summed E-state index contributed by atoms with van der Waals surface area (Å²) in [6, 6.07) is 7.56. The summed E-state index contributed by atoms with van der Waals surface area (Å²) < 4.78 is 5.38. The van der Waals surface area contributed by atoms with E-state index in [1.807, 2.05) is 31.2 Å². The quantitative estimate of drug-likeness (QED) is 0.911. The predicted molar refractivity (Wildman–Crippen MR) is 70.0 cm³/mol. The van der Waals surface area contributed by atoms with Crippen molar-refractivity contribution in [1.29, 1.82) is 5.26 Å². The highest BCUT2D eigenvalue weighted by molar-refractivity contribution is 5.81. The van der Waals surface area contributed by atoms with Gasteiger partial charge in [-0.05, 0) is 24.1 Å². The Balaban J connectivity index is 2.05. The molecule has 2 rings (SSSR count). The average Bonchev–Trinajstić information content (AvgIpc) is 2.77. The monoisotopic (exact) mass is 257 g/mol. The standard InChI is InChI=1S/C14H15N3O2/c1-3-11(7-15)14(18)16-8-10-4-5-13-12(6-10)17-9(2)19-13/h4-6,11H,3,8H2,1-2H3,(H,16,18). The van der Waals surface area contributed by atoms with Gasteiger partial charge in [-0.15, -0.1) is 0 Å². The maximum absolute atomic E-state index is 11.7. The number of carbonyl (C=O) groups is 1. The summed E-state index contributed by atoms with van der Waals surface area (Å²) in [5.41, 5.74) is 2.44. The lowest BCUT2D eigenvalue weighted by Crippen LogP contribution is -2.29. The molecular weight excluding hydrogens is 242 g/mol. The van der Waals surface area contributed by atoms with E-state index in [4.69, 9.17) is 9.68 Å². The normalized spacial score (nSPS) is 12.1. The van der Waals surface area contributed by atoms with E-state index in [2.05, 4.69) is 10.3 Å². The summed E-state index contributed by atoms with van der Waals surface area (Å²) in [5, 5.41) is 11.6. The van der Waals surface area contributed by atoms with Gasteiger partial charge in [-0.2, -0.15) is 5.26 Å². The van der Waals surface area contributed by atoms with Crippen LogP contribution in [0.15, 0.2) is 22.6 Å². The molecule has 1 atom stereocenters. The summed E-state index contributed by atoms with van der Waals surface area (Å²) in [5.74, 6) is -0.203. The van der Waals surface area contributed by atoms with E-state index < -0.39 is 5.92 Å². The molecule has 1 aromatic carbocycles. The first kappa shape index (κ1) is 13.1. The van der Waals surface area contributed by atoms with Crippen LogP contribution in [0.1, 0.15) is 24.8 Å². The third kappa shape index (κ3) is 2.91. The van der Waals surface area contributed by atoms with Crippen molar-refractivity contribution in [2.24, 2.45) is 5.92 Å². The molecule has 0 aliphatic rings. The molecule has 1 N–H and O–H groups in total. The Morgan fingerprint density at radius 2 is 2.37 bits per heavy atom. The molecule has 0 saturated heterocycles. The fourth-order valence-electron chi connectivity index (χ4n) is 1.85. The number of hydrogen-bond acceptors (Lipinski definition) is 4. The minimum absolute atomic E-state index is 0.235. The molecule has 0 saturated carbocycles. The minimum atomic E-state index is -0.585. The number of benzene rings is 1. The molecule has 1 heterocycles. The second-order valence-electron chi connectivity index (χ2n) is 4.34. The Morgan fingerprint density at radius 1 is 1.58 bits per heavy atom. The van der Waals surface area contributed by atoms with Gasteiger partial charge in [0.2, 0.25) is 5.91 Å². The molecule has 0 bridgehead atoms. The summed E-state index contributed by atoms with van der Waals surface area (Å²) in [6.07, 6.45) is 0.518. The summed E-state index contributed by atoms with van der Waals surface area (Å²) in [6.45, 7) is 4.00. The van der Waals surface area contributed by atoms with Crippen molar-refractivity contribution in [3.8, 4) is 6.07 Å². The molecule has 5 nitrogen and oxygen atoms in total. The van der Waals surface area contributed by atoms with Gasteiger partial charge in [0.05, 0.1) is 6.07 Å². The molecular formula is C14H15N3O2. The second-order valence-corrected chi connectivity index (χ2v) is 4.34. The summed E-state index contributed by atoms with van der Waals surface area (Å²) in [7, 11) is 0. The lowest BCUT2D eigenvalue weighted by Gasteiger charge is -2.07. The molecule has 0 spiro atoms. The Bertz CT molecular complexity index is 640. The molecule has 0 aliphatic carbocycles. The van der Waals surface area contributed by atoms with Crippen LogP contribution < -0.4 is 5.32 Å². The topological polar surface area (TPSA) is 78.9 Å². The number of aromatic nitrogens is 1. The van der Waals surface area contributed by atoms with Crippen LogP contribution in [0.2, 0.25) is 0 Å². The van der Waals surface area contributed by atoms with Gasteiger partial charge >= 0.3 is 0 Å². The SMILES string of the molecule is CCC(C#N)C(=O)NCc1ccc2oc(C)nc2c1. The van der Waals surface area contributed by atoms with Gasteiger partial charge < -0.3 is 9.73 Å². The van der Waals surface area contributed by atoms with Crippen molar-refractivity contribution in [1.82, 2.24) is 10.3 Å². The maximum Gasteiger partial charge on any atom is 0.237 e. The largest absolute Gasteiger partial charge is 0.441 e. The van der Waals surface area contributed by atoms with E-state index in [0.717, 1.165) is 16.7 Å². The number of nitriles is 1. The Morgan fingerprint density at radius 3 is 3.05 bits per heavy atom. The maximum atomic E-state index is 11.7. The third-order valence-electron chi connectivity index (χ3n) is 2.91. The first-order valence-electron chi connectivity index (χ1n) is 6.17. The summed E-state index contributed by atoms with van der Waals surface area (Å²) >= 11 is 0. The van der Waals surface area contributed by atoms with E-state index in [0.29, 0.717) is 18.9 Å². The van der Waals surface area contributed by atoms with Crippen LogP contribution in [0, 0.1) is 24.2 Å². The van der Waals surface area contributed by atoms with Crippen LogP contribution in [0.4, 0.5) is 0 Å². The van der Waals surface area contributed by atoms with Crippen molar-refractivity contribution in [3.63, 3.8) is 0 Å². The van der Waals surface area contributed by atoms with Crippen LogP contribution in [-0.4, -0.2) is 10.9 Å². The van der Waals surface area contributed by atoms with Crippen LogP contribution in [-0.2, 0) is 11.3 Å². The molecule has 0 aliphatic heterocycles. The highest BCUT2D eigenvalue weighted by Crippen LogP contribution is 2.16. The number of hydrogen-bond donors (Lipinski definition) is 1. The number of carbonyl (C=O) groups excluding carboxylic acids is 1. The number of rotatable bonds is 4.